The molecule has 32 heavy (non-hydrogen) atoms. The van der Waals surface area contributed by atoms with Gasteiger partial charge < -0.3 is 19.1 Å². The largest absolute Gasteiger partial charge is 0.514 e. The van der Waals surface area contributed by atoms with Gasteiger partial charge in [-0.2, -0.15) is 0 Å². The average molecular weight is 500 g/mol. The number of halogens is 1. The van der Waals surface area contributed by atoms with Crippen LogP contribution in [-0.2, 0) is 4.74 Å². The van der Waals surface area contributed by atoms with Crippen LogP contribution >= 0.6 is 15.9 Å². The lowest BCUT2D eigenvalue weighted by Crippen LogP contribution is -2.27. The summed E-state index contributed by atoms with van der Waals surface area (Å²) in [5, 5.41) is 1.41. The Kier molecular flexibility index (Phi) is 6.79. The second-order valence-corrected chi connectivity index (χ2v) is 9.45. The maximum Gasteiger partial charge on any atom is 0.514 e. The van der Waals surface area contributed by atoms with E-state index >= 15 is 0 Å². The van der Waals surface area contributed by atoms with Gasteiger partial charge in [-0.3, -0.25) is 0 Å². The molecule has 0 saturated carbocycles. The number of hydrogen-bond acceptors (Lipinski definition) is 6. The number of benzene rings is 3. The zero-order valence-corrected chi connectivity index (χ0v) is 20.6. The van der Waals surface area contributed by atoms with Gasteiger partial charge in [-0.25, -0.2) is 9.59 Å². The predicted octanol–water partition coefficient (Wildman–Crippen LogP) is 6.51. The zero-order valence-electron chi connectivity index (χ0n) is 19.0. The SMILES string of the molecule is Cc1c(C(=O)Oc2ccccc2)c(OC(=O)OC(C)(C)C)c2cc(Br)ccc2c1N(C)C. The number of anilines is 1. The first-order valence-electron chi connectivity index (χ1n) is 10.1. The van der Waals surface area contributed by atoms with E-state index in [2.05, 4.69) is 15.9 Å². The first kappa shape index (κ1) is 23.6. The predicted molar refractivity (Wildman–Crippen MR) is 129 cm³/mol. The number of carbonyl (C=O) groups is 2. The Hall–Kier alpha value is -3.06. The van der Waals surface area contributed by atoms with Crippen LogP contribution in [0.25, 0.3) is 10.8 Å². The second kappa shape index (κ2) is 9.20. The number of rotatable bonds is 4. The van der Waals surface area contributed by atoms with E-state index in [4.69, 9.17) is 14.2 Å². The van der Waals surface area contributed by atoms with Crippen LogP contribution in [0.15, 0.2) is 53.0 Å². The number of nitrogens with zero attached hydrogens (tertiary/aromatic N) is 1. The molecular weight excluding hydrogens is 474 g/mol. The highest BCUT2D eigenvalue weighted by atomic mass is 79.9. The molecule has 0 fully saturated rings. The molecule has 3 aromatic carbocycles. The quantitative estimate of drug-likeness (QED) is 0.231. The van der Waals surface area contributed by atoms with E-state index in [0.29, 0.717) is 16.7 Å². The maximum absolute atomic E-state index is 13.3. The summed E-state index contributed by atoms with van der Waals surface area (Å²) in [5.74, 6) is -0.141. The van der Waals surface area contributed by atoms with Crippen LogP contribution in [0.4, 0.5) is 10.5 Å². The monoisotopic (exact) mass is 499 g/mol. The third-order valence-corrected chi connectivity index (χ3v) is 5.11. The Labute approximate surface area is 196 Å². The number of ether oxygens (including phenoxy) is 3. The van der Waals surface area contributed by atoms with E-state index in [1.807, 2.05) is 37.2 Å². The van der Waals surface area contributed by atoms with E-state index < -0.39 is 17.7 Å². The summed E-state index contributed by atoms with van der Waals surface area (Å²) in [5.41, 5.74) is 0.860. The van der Waals surface area contributed by atoms with Crippen molar-refractivity contribution in [3.63, 3.8) is 0 Å². The Bertz CT molecular complexity index is 1170. The molecule has 0 aliphatic carbocycles. The maximum atomic E-state index is 13.3. The Balaban J connectivity index is 2.25. The first-order valence-corrected chi connectivity index (χ1v) is 10.9. The van der Waals surface area contributed by atoms with Crippen LogP contribution in [0.3, 0.4) is 0 Å². The van der Waals surface area contributed by atoms with Gasteiger partial charge in [-0.05, 0) is 57.5 Å². The summed E-state index contributed by atoms with van der Waals surface area (Å²) < 4.78 is 17.4. The van der Waals surface area contributed by atoms with Gasteiger partial charge in [-0.15, -0.1) is 0 Å². The minimum absolute atomic E-state index is 0.0968. The lowest BCUT2D eigenvalue weighted by molar-refractivity contribution is 0.0207. The lowest BCUT2D eigenvalue weighted by Gasteiger charge is -2.24. The summed E-state index contributed by atoms with van der Waals surface area (Å²) in [6.45, 7) is 7.04. The molecule has 7 heteroatoms. The second-order valence-electron chi connectivity index (χ2n) is 8.53. The van der Waals surface area contributed by atoms with Crippen LogP contribution < -0.4 is 14.4 Å². The number of carbonyl (C=O) groups excluding carboxylic acids is 2. The Morgan fingerprint density at radius 3 is 2.19 bits per heavy atom. The molecule has 0 radical (unpaired) electrons. The minimum atomic E-state index is -0.899. The molecule has 3 aromatic rings. The fourth-order valence-electron chi connectivity index (χ4n) is 3.47. The fourth-order valence-corrected chi connectivity index (χ4v) is 3.83. The summed E-state index contributed by atoms with van der Waals surface area (Å²) in [6, 6.07) is 14.4. The van der Waals surface area contributed by atoms with Gasteiger partial charge in [0.1, 0.15) is 16.9 Å². The fraction of sp³-hybridized carbons (Fsp3) is 0.280. The molecule has 0 bridgehead atoms. The van der Waals surface area contributed by atoms with E-state index in [9.17, 15) is 9.59 Å². The van der Waals surface area contributed by atoms with Gasteiger partial charge in [0.05, 0.1) is 0 Å². The molecule has 0 unspecified atom stereocenters. The summed E-state index contributed by atoms with van der Waals surface area (Å²) in [6.07, 6.45) is -0.899. The molecule has 0 aliphatic heterocycles. The third kappa shape index (κ3) is 5.22. The molecule has 0 saturated heterocycles. The number of esters is 1. The van der Waals surface area contributed by atoms with Crippen molar-refractivity contribution in [1.82, 2.24) is 0 Å². The van der Waals surface area contributed by atoms with Crippen molar-refractivity contribution in [3.8, 4) is 11.5 Å². The Morgan fingerprint density at radius 2 is 1.59 bits per heavy atom. The highest BCUT2D eigenvalue weighted by Crippen LogP contribution is 2.42. The molecular formula is C25H26BrNO5. The number of para-hydroxylation sites is 1. The normalized spacial score (nSPS) is 11.2. The van der Waals surface area contributed by atoms with Crippen LogP contribution in [0, 0.1) is 6.92 Å². The topological polar surface area (TPSA) is 65.1 Å². The van der Waals surface area contributed by atoms with E-state index in [1.54, 1.807) is 58.0 Å². The summed E-state index contributed by atoms with van der Waals surface area (Å²) >= 11 is 3.48. The van der Waals surface area contributed by atoms with Crippen molar-refractivity contribution in [2.45, 2.75) is 33.3 Å². The van der Waals surface area contributed by atoms with Gasteiger partial charge in [0.25, 0.3) is 0 Å². The Morgan fingerprint density at radius 1 is 0.938 bits per heavy atom. The molecule has 3 rings (SSSR count). The molecule has 0 aliphatic rings. The molecule has 0 heterocycles. The van der Waals surface area contributed by atoms with Crippen molar-refractivity contribution in [2.24, 2.45) is 0 Å². The third-order valence-electron chi connectivity index (χ3n) is 4.62. The van der Waals surface area contributed by atoms with Crippen molar-refractivity contribution >= 4 is 44.5 Å². The van der Waals surface area contributed by atoms with Crippen LogP contribution in [0.5, 0.6) is 11.5 Å². The number of hydrogen-bond donors (Lipinski definition) is 0. The van der Waals surface area contributed by atoms with Crippen LogP contribution in [0.1, 0.15) is 36.7 Å². The van der Waals surface area contributed by atoms with Crippen LogP contribution in [-0.4, -0.2) is 31.8 Å². The van der Waals surface area contributed by atoms with Gasteiger partial charge in [-0.1, -0.05) is 40.2 Å². The van der Waals surface area contributed by atoms with Gasteiger partial charge in [0.2, 0.25) is 0 Å². The standard InChI is InChI=1S/C25H26BrNO5/c1-15-20(23(28)30-17-10-8-7-9-11-17)22(31-24(29)32-25(2,3)4)19-14-16(26)12-13-18(19)21(15)27(5)6/h7-14H,1-6H3. The van der Waals surface area contributed by atoms with Crippen molar-refractivity contribution in [2.75, 3.05) is 19.0 Å². The van der Waals surface area contributed by atoms with Gasteiger partial charge in [0, 0.05) is 35.0 Å². The average Bonchev–Trinajstić information content (AvgIpc) is 2.67. The van der Waals surface area contributed by atoms with E-state index in [0.717, 1.165) is 15.5 Å². The molecule has 168 valence electrons. The van der Waals surface area contributed by atoms with Crippen molar-refractivity contribution < 1.29 is 23.8 Å². The molecule has 0 amide bonds. The van der Waals surface area contributed by atoms with E-state index in [-0.39, 0.29) is 11.3 Å². The molecule has 6 nitrogen and oxygen atoms in total. The lowest BCUT2D eigenvalue weighted by atomic mass is 9.96. The van der Waals surface area contributed by atoms with Crippen molar-refractivity contribution in [3.05, 3.63) is 64.1 Å². The minimum Gasteiger partial charge on any atom is -0.428 e. The van der Waals surface area contributed by atoms with E-state index in [1.165, 1.54) is 0 Å². The van der Waals surface area contributed by atoms with Gasteiger partial charge in [0.15, 0.2) is 5.75 Å². The molecule has 0 spiro atoms. The van der Waals surface area contributed by atoms with Crippen molar-refractivity contribution in [1.29, 1.82) is 0 Å². The molecule has 0 N–H and O–H groups in total. The summed E-state index contributed by atoms with van der Waals surface area (Å²) in [7, 11) is 3.79. The highest BCUT2D eigenvalue weighted by molar-refractivity contribution is 9.10. The molecule has 0 aromatic heterocycles. The van der Waals surface area contributed by atoms with Crippen LogP contribution in [0.2, 0.25) is 0 Å². The first-order chi connectivity index (χ1) is 15.0. The summed E-state index contributed by atoms with van der Waals surface area (Å²) in [4.78, 5) is 27.9. The smallest absolute Gasteiger partial charge is 0.428 e. The zero-order chi connectivity index (χ0) is 23.6. The highest BCUT2D eigenvalue weighted by Gasteiger charge is 2.29. The molecule has 0 atom stereocenters. The van der Waals surface area contributed by atoms with Gasteiger partial charge >= 0.3 is 12.1 Å². The number of fused-ring (bicyclic) bond motifs is 1.